The number of hydrogen-bond donors (Lipinski definition) is 6. The predicted octanol–water partition coefficient (Wildman–Crippen LogP) is 2.33. The number of carbonyl (C=O) groups excluding carboxylic acids is 2. The van der Waals surface area contributed by atoms with Gasteiger partial charge in [0.2, 0.25) is 11.6 Å². The van der Waals surface area contributed by atoms with E-state index in [0.29, 0.717) is 32.2 Å². The molecule has 0 unspecified atom stereocenters. The van der Waals surface area contributed by atoms with E-state index in [1.54, 1.807) is 0 Å². The zero-order chi connectivity index (χ0) is 26.7. The summed E-state index contributed by atoms with van der Waals surface area (Å²) in [7, 11) is 0. The number of nitrogens with zero attached hydrogens (tertiary/aromatic N) is 2. The number of aromatic hydroxyl groups is 2. The molecule has 0 saturated carbocycles. The van der Waals surface area contributed by atoms with Gasteiger partial charge in [-0.05, 0) is 0 Å². The predicted molar refractivity (Wildman–Crippen MR) is 122 cm³/mol. The first kappa shape index (κ1) is 25.3. The second-order valence-corrected chi connectivity index (χ2v) is 9.85. The van der Waals surface area contributed by atoms with Crippen molar-refractivity contribution in [2.45, 2.75) is 12.8 Å². The molecule has 2 aromatic rings. The molecule has 10 nitrogen and oxygen atoms in total. The van der Waals surface area contributed by atoms with Gasteiger partial charge in [-0.25, -0.2) is 23.6 Å². The van der Waals surface area contributed by atoms with Crippen LogP contribution in [0.2, 0.25) is 0 Å². The Morgan fingerprint density at radius 1 is 0.730 bits per heavy atom. The molecule has 5 rings (SSSR count). The minimum atomic E-state index is -1.49. The zero-order valence-electron chi connectivity index (χ0n) is 19.8. The molecule has 2 saturated heterocycles. The topological polar surface area (TPSA) is 139 Å². The molecule has 1 aliphatic carbocycles. The Morgan fingerprint density at radius 3 is 1.57 bits per heavy atom. The number of nitrogens with one attached hydrogen (secondary N) is 2. The maximum Gasteiger partial charge on any atom is 0.200 e. The Kier molecular flexibility index (Phi) is 6.06. The van der Waals surface area contributed by atoms with Crippen molar-refractivity contribution in [1.82, 2.24) is 0 Å². The number of anilines is 2. The largest absolute Gasteiger partial charge is 0.507 e. The quantitative estimate of drug-likeness (QED) is 0.195. The van der Waals surface area contributed by atoms with Gasteiger partial charge in [0.1, 0.15) is 45.0 Å². The van der Waals surface area contributed by atoms with Crippen LogP contribution in [0, 0.1) is 17.5 Å². The van der Waals surface area contributed by atoms with Gasteiger partial charge in [-0.2, -0.15) is 9.29 Å². The number of halogens is 3. The monoisotopic (exact) mass is 524 g/mol. The van der Waals surface area contributed by atoms with Crippen molar-refractivity contribution in [3.05, 3.63) is 45.8 Å². The number of hydroxylamine groups is 6. The second-order valence-electron chi connectivity index (χ2n) is 9.85. The molecule has 0 radical (unpaired) electrons. The number of carbonyl (C=O) groups is 2. The number of rotatable bonds is 8. The number of phenolic OH excluding ortho intramolecular Hbond substituents is 2. The van der Waals surface area contributed by atoms with Gasteiger partial charge >= 0.3 is 0 Å². The fourth-order valence-electron chi connectivity index (χ4n) is 5.07. The van der Waals surface area contributed by atoms with Crippen LogP contribution in [-0.2, 0) is 0 Å². The van der Waals surface area contributed by atoms with E-state index in [4.69, 9.17) is 0 Å². The smallest absolute Gasteiger partial charge is 0.200 e. The van der Waals surface area contributed by atoms with E-state index < -0.39 is 74.1 Å². The van der Waals surface area contributed by atoms with Crippen LogP contribution in [0.3, 0.4) is 0 Å². The first-order valence-corrected chi connectivity index (χ1v) is 12.0. The van der Waals surface area contributed by atoms with E-state index in [9.17, 15) is 34.6 Å². The third-order valence-corrected chi connectivity index (χ3v) is 7.48. The van der Waals surface area contributed by atoms with Crippen LogP contribution in [-0.4, -0.2) is 93.8 Å². The number of ketones is 2. The van der Waals surface area contributed by atoms with Gasteiger partial charge in [0.25, 0.3) is 0 Å². The molecule has 2 fully saturated rings. The van der Waals surface area contributed by atoms with Crippen LogP contribution < -0.4 is 10.6 Å². The molecule has 0 spiro atoms. The van der Waals surface area contributed by atoms with Gasteiger partial charge < -0.3 is 20.8 Å². The molecule has 3 aliphatic rings. The second kappa shape index (κ2) is 8.87. The van der Waals surface area contributed by atoms with Crippen molar-refractivity contribution in [3.8, 4) is 11.5 Å². The normalized spacial score (nSPS) is 18.9. The van der Waals surface area contributed by atoms with Crippen molar-refractivity contribution < 1.29 is 52.7 Å². The lowest BCUT2D eigenvalue weighted by molar-refractivity contribution is -1.13. The maximum atomic E-state index is 15.4. The molecule has 0 amide bonds. The molecule has 6 N–H and O–H groups in total. The summed E-state index contributed by atoms with van der Waals surface area (Å²) in [5.41, 5.74) is -4.14. The van der Waals surface area contributed by atoms with Gasteiger partial charge in [-0.3, -0.25) is 9.59 Å². The van der Waals surface area contributed by atoms with E-state index in [1.165, 1.54) is 0 Å². The lowest BCUT2D eigenvalue weighted by Crippen LogP contribution is -2.57. The van der Waals surface area contributed by atoms with E-state index in [1.807, 2.05) is 0 Å². The van der Waals surface area contributed by atoms with Gasteiger partial charge in [-0.15, -0.1) is 0 Å². The van der Waals surface area contributed by atoms with Crippen LogP contribution in [0.25, 0.3) is 0 Å². The third-order valence-electron chi connectivity index (χ3n) is 7.48. The number of benzene rings is 2. The van der Waals surface area contributed by atoms with E-state index in [0.717, 1.165) is 12.8 Å². The molecule has 2 aromatic carbocycles. The Hall–Kier alpha value is -3.39. The van der Waals surface area contributed by atoms with Crippen molar-refractivity contribution in [3.63, 3.8) is 0 Å². The molecule has 0 bridgehead atoms. The summed E-state index contributed by atoms with van der Waals surface area (Å²) in [6.45, 7) is 1.95. The average molecular weight is 524 g/mol. The van der Waals surface area contributed by atoms with Gasteiger partial charge in [0.05, 0.1) is 59.6 Å². The first-order chi connectivity index (χ1) is 17.5. The van der Waals surface area contributed by atoms with Crippen molar-refractivity contribution >= 4 is 22.9 Å². The zero-order valence-corrected chi connectivity index (χ0v) is 19.8. The molecule has 37 heavy (non-hydrogen) atoms. The lowest BCUT2D eigenvalue weighted by atomic mass is 9.80. The summed E-state index contributed by atoms with van der Waals surface area (Å²) in [5, 5.41) is 46.2. The Labute approximate surface area is 209 Å². The van der Waals surface area contributed by atoms with Crippen molar-refractivity contribution in [2.24, 2.45) is 0 Å². The van der Waals surface area contributed by atoms with Crippen molar-refractivity contribution in [2.75, 3.05) is 63.0 Å². The van der Waals surface area contributed by atoms with Crippen LogP contribution in [0.1, 0.15) is 44.7 Å². The molecule has 198 valence electrons. The Balaban J connectivity index is 1.60. The Morgan fingerprint density at radius 2 is 1.16 bits per heavy atom. The summed E-state index contributed by atoms with van der Waals surface area (Å²) in [5.74, 6) is -8.78. The lowest BCUT2D eigenvalue weighted by Gasteiger charge is -2.37. The number of fused-ring (bicyclic) bond motifs is 2. The van der Waals surface area contributed by atoms with E-state index >= 15 is 8.78 Å². The molecule has 13 heteroatoms. The summed E-state index contributed by atoms with van der Waals surface area (Å²) in [6, 6.07) is 0.456. The van der Waals surface area contributed by atoms with Crippen LogP contribution in [0.4, 0.5) is 24.5 Å². The highest BCUT2D eigenvalue weighted by molar-refractivity contribution is 6.33. The van der Waals surface area contributed by atoms with Gasteiger partial charge in [0, 0.05) is 6.07 Å². The number of phenols is 2. The number of likely N-dealkylation sites (tertiary alicyclic amines) is 2. The molecule has 2 heterocycles. The molecule has 2 aliphatic heterocycles. The summed E-state index contributed by atoms with van der Waals surface area (Å²) < 4.78 is 44.4. The maximum absolute atomic E-state index is 15.4. The summed E-state index contributed by atoms with van der Waals surface area (Å²) in [4.78, 5) is 27.0. The van der Waals surface area contributed by atoms with Gasteiger partial charge in [0.15, 0.2) is 23.2 Å². The average Bonchev–Trinajstić information content (AvgIpc) is 2.81. The van der Waals surface area contributed by atoms with E-state index in [-0.39, 0.29) is 35.5 Å². The Bertz CT molecular complexity index is 1330. The fourth-order valence-corrected chi connectivity index (χ4v) is 5.07. The molecular formula is C24H27F3N4O6+2. The fraction of sp³-hybridized carbons (Fsp3) is 0.417. The number of hydrogen-bond acceptors (Lipinski definition) is 8. The molecule has 0 atom stereocenters. The van der Waals surface area contributed by atoms with Gasteiger partial charge in [-0.1, -0.05) is 0 Å². The van der Waals surface area contributed by atoms with Crippen molar-refractivity contribution in [1.29, 1.82) is 0 Å². The van der Waals surface area contributed by atoms with E-state index in [2.05, 4.69) is 10.6 Å². The highest BCUT2D eigenvalue weighted by Gasteiger charge is 2.43. The highest BCUT2D eigenvalue weighted by Crippen LogP contribution is 2.45. The SMILES string of the molecule is O=C1c2c(O)cc(F)c(O)c2C(=O)c2c(NCC[N+]3(O)CCC3)c(F)c(F)c(NCC[N+]3(O)CCC3)c21. The minimum absolute atomic E-state index is 0.0778. The molecule has 0 aromatic heterocycles. The van der Waals surface area contributed by atoms with Crippen LogP contribution >= 0.6 is 0 Å². The summed E-state index contributed by atoms with van der Waals surface area (Å²) in [6.07, 6.45) is 1.59. The minimum Gasteiger partial charge on any atom is -0.507 e. The van der Waals surface area contributed by atoms with Crippen LogP contribution in [0.15, 0.2) is 6.07 Å². The third kappa shape index (κ3) is 4.07. The first-order valence-electron chi connectivity index (χ1n) is 12.0. The van der Waals surface area contributed by atoms with Crippen LogP contribution in [0.5, 0.6) is 11.5 Å². The summed E-state index contributed by atoms with van der Waals surface area (Å²) >= 11 is 0. The molecular weight excluding hydrogens is 497 g/mol. The highest BCUT2D eigenvalue weighted by atomic mass is 19.2. The number of quaternary nitrogens is 2. The standard InChI is InChI=1S/C24H25F3N4O6/c25-12-11-13(32)14-17(22(12)33)24(35)16-15(23(14)34)20(28-3-9-30(36)5-1-6-30)18(26)19(27)21(16)29-4-10-31(37)7-2-8-31/h11,36-37H,1-10H2,(H2-2,28,29,32,33,34,35)/p+2.